The van der Waals surface area contributed by atoms with Crippen LogP contribution in [-0.4, -0.2) is 102 Å². The van der Waals surface area contributed by atoms with E-state index in [2.05, 4.69) is 9.55 Å². The molecule has 13 heteroatoms. The number of benzene rings is 2. The number of nitrogens with zero attached hydrogens (tertiary/aromatic N) is 4. The molecule has 0 unspecified atom stereocenters. The summed E-state index contributed by atoms with van der Waals surface area (Å²) < 4.78 is 30.5. The lowest BCUT2D eigenvalue weighted by molar-refractivity contribution is -0.141. The van der Waals surface area contributed by atoms with Crippen LogP contribution >= 0.6 is 0 Å². The van der Waals surface area contributed by atoms with E-state index in [1.54, 1.807) is 13.3 Å². The monoisotopic (exact) mass is 650 g/mol. The Morgan fingerprint density at radius 3 is 2.49 bits per heavy atom. The summed E-state index contributed by atoms with van der Waals surface area (Å²) in [7, 11) is 1.62. The van der Waals surface area contributed by atoms with E-state index >= 15 is 0 Å². The second-order valence-corrected chi connectivity index (χ2v) is 11.4. The van der Waals surface area contributed by atoms with Crippen molar-refractivity contribution >= 4 is 18.3 Å². The van der Waals surface area contributed by atoms with Gasteiger partial charge in [0.25, 0.3) is 12.4 Å². The molecule has 0 radical (unpaired) electrons. The van der Waals surface area contributed by atoms with E-state index in [1.807, 2.05) is 52.4 Å². The third-order valence-corrected chi connectivity index (χ3v) is 8.35. The Kier molecular flexibility index (Phi) is 11.9. The Morgan fingerprint density at radius 2 is 1.70 bits per heavy atom. The molecule has 1 fully saturated rings. The molecule has 2 bridgehead atoms. The number of methoxy groups -OCH3 is 1. The Hall–Kier alpha value is -4.78. The SMILES string of the molecule is COc1ccc2cc1OCCCN(C(=O)Cc1ccc3c(c1)OCO3)CCCCN(C(=O)[C@H]1CCCO1)CCn1ccnc1-2.O=CO. The van der Waals surface area contributed by atoms with Gasteiger partial charge >= 0.3 is 0 Å². The maximum atomic E-state index is 13.5. The van der Waals surface area contributed by atoms with E-state index in [9.17, 15) is 9.59 Å². The molecule has 13 nitrogen and oxygen atoms in total. The first-order valence-electron chi connectivity index (χ1n) is 16.0. The maximum Gasteiger partial charge on any atom is 0.290 e. The summed E-state index contributed by atoms with van der Waals surface area (Å²) >= 11 is 0. The van der Waals surface area contributed by atoms with Gasteiger partial charge in [0.2, 0.25) is 12.7 Å². The van der Waals surface area contributed by atoms with Crippen LogP contribution in [-0.2, 0) is 32.1 Å². The molecule has 47 heavy (non-hydrogen) atoms. The minimum absolute atomic E-state index is 0.0398. The van der Waals surface area contributed by atoms with Gasteiger partial charge in [-0.05, 0) is 68.0 Å². The minimum atomic E-state index is -0.382. The lowest BCUT2D eigenvalue weighted by Gasteiger charge is -2.27. The number of imidazole rings is 1. The fourth-order valence-corrected chi connectivity index (χ4v) is 5.96. The van der Waals surface area contributed by atoms with Gasteiger partial charge in [-0.1, -0.05) is 6.07 Å². The standard InChI is InChI=1S/C33H40N4O7.CH2O2/c1-40-26-10-8-25-22-30(26)42-19-5-14-35(31(38)21-24-7-9-27-29(20-24)44-23-43-27)12-2-3-13-37(33(39)28-6-4-18-41-28)17-16-36-15-11-34-32(25)36;2-1-3/h7-11,15,20,22,28H,2-6,12-14,16-19,21,23H2,1H3;1H,(H,2,3)/t28-;/m1./s1. The van der Waals surface area contributed by atoms with Crippen LogP contribution in [0.4, 0.5) is 0 Å². The van der Waals surface area contributed by atoms with Crippen LogP contribution in [0.5, 0.6) is 23.0 Å². The van der Waals surface area contributed by atoms with Crippen LogP contribution in [0.25, 0.3) is 11.4 Å². The zero-order valence-corrected chi connectivity index (χ0v) is 26.7. The summed E-state index contributed by atoms with van der Waals surface area (Å²) in [4.78, 5) is 43.8. The zero-order valence-electron chi connectivity index (χ0n) is 26.7. The predicted octanol–water partition coefficient (Wildman–Crippen LogP) is 3.63. The third-order valence-electron chi connectivity index (χ3n) is 8.35. The third kappa shape index (κ3) is 8.73. The van der Waals surface area contributed by atoms with Gasteiger partial charge in [-0.2, -0.15) is 0 Å². The average molecular weight is 651 g/mol. The second-order valence-electron chi connectivity index (χ2n) is 11.4. The Labute approximate surface area is 273 Å². The van der Waals surface area contributed by atoms with Gasteiger partial charge in [-0.15, -0.1) is 0 Å². The second kappa shape index (κ2) is 16.7. The van der Waals surface area contributed by atoms with E-state index in [1.165, 1.54) is 0 Å². The molecule has 1 atom stereocenters. The summed E-state index contributed by atoms with van der Waals surface area (Å²) in [6.45, 7) is 3.86. The molecule has 2 amide bonds. The van der Waals surface area contributed by atoms with Gasteiger partial charge < -0.3 is 43.2 Å². The molecule has 3 aromatic rings. The highest BCUT2D eigenvalue weighted by atomic mass is 16.7. The van der Waals surface area contributed by atoms with Crippen molar-refractivity contribution in [2.75, 3.05) is 53.3 Å². The smallest absolute Gasteiger partial charge is 0.290 e. The Balaban J connectivity index is 0.00000139. The van der Waals surface area contributed by atoms with Crippen LogP contribution in [0.3, 0.4) is 0 Å². The fourth-order valence-electron chi connectivity index (χ4n) is 5.96. The van der Waals surface area contributed by atoms with E-state index in [4.69, 9.17) is 33.6 Å². The number of aromatic nitrogens is 2. The van der Waals surface area contributed by atoms with Crippen molar-refractivity contribution in [3.8, 4) is 34.4 Å². The molecule has 0 saturated carbocycles. The molecule has 3 aliphatic rings. The van der Waals surface area contributed by atoms with E-state index < -0.39 is 0 Å². The number of hydrogen-bond acceptors (Lipinski definition) is 9. The van der Waals surface area contributed by atoms with Crippen LogP contribution in [0.2, 0.25) is 0 Å². The maximum absolute atomic E-state index is 13.5. The van der Waals surface area contributed by atoms with Gasteiger partial charge in [-0.25, -0.2) is 4.98 Å². The molecule has 1 aromatic heterocycles. The van der Waals surface area contributed by atoms with Crippen molar-refractivity contribution in [3.63, 3.8) is 0 Å². The van der Waals surface area contributed by atoms with E-state index in [0.717, 1.165) is 42.6 Å². The highest BCUT2D eigenvalue weighted by molar-refractivity contribution is 5.81. The molecular formula is C34H42N4O9. The predicted molar refractivity (Wildman–Crippen MR) is 171 cm³/mol. The molecule has 1 N–H and O–H groups in total. The molecule has 6 rings (SSSR count). The van der Waals surface area contributed by atoms with Gasteiger partial charge in [0.15, 0.2) is 23.0 Å². The number of carboxylic acid groups (broad SMARTS) is 1. The van der Waals surface area contributed by atoms with E-state index in [-0.39, 0.29) is 37.6 Å². The van der Waals surface area contributed by atoms with Crippen LogP contribution in [0, 0.1) is 0 Å². The van der Waals surface area contributed by atoms with Gasteiger partial charge in [0.1, 0.15) is 11.9 Å². The number of carbonyl (C=O) groups excluding carboxylic acids is 2. The number of hydrogen-bond donors (Lipinski definition) is 1. The topological polar surface area (TPSA) is 142 Å². The number of rotatable bonds is 4. The molecule has 252 valence electrons. The summed E-state index contributed by atoms with van der Waals surface area (Å²) in [5.74, 6) is 3.50. The quantitative estimate of drug-likeness (QED) is 0.416. The molecule has 2 aromatic carbocycles. The van der Waals surface area contributed by atoms with Crippen molar-refractivity contribution < 1.29 is 43.2 Å². The first kappa shape index (κ1) is 33.6. The lowest BCUT2D eigenvalue weighted by atomic mass is 10.1. The van der Waals surface area contributed by atoms with Crippen molar-refractivity contribution in [3.05, 3.63) is 54.4 Å². The highest BCUT2D eigenvalue weighted by Crippen LogP contribution is 2.34. The average Bonchev–Trinajstić information content (AvgIpc) is 3.87. The first-order chi connectivity index (χ1) is 23.0. The molecule has 0 aliphatic carbocycles. The van der Waals surface area contributed by atoms with Crippen molar-refractivity contribution in [1.29, 1.82) is 0 Å². The molecule has 1 saturated heterocycles. The van der Waals surface area contributed by atoms with Crippen LogP contribution < -0.4 is 18.9 Å². The van der Waals surface area contributed by atoms with Crippen molar-refractivity contribution in [2.45, 2.75) is 51.2 Å². The largest absolute Gasteiger partial charge is 0.493 e. The van der Waals surface area contributed by atoms with Crippen LogP contribution in [0.1, 0.15) is 37.7 Å². The van der Waals surface area contributed by atoms with Crippen molar-refractivity contribution in [2.24, 2.45) is 0 Å². The summed E-state index contributed by atoms with van der Waals surface area (Å²) in [5, 5.41) is 6.89. The molecule has 0 spiro atoms. The number of carbonyl (C=O) groups is 3. The van der Waals surface area contributed by atoms with Gasteiger partial charge in [0.05, 0.1) is 20.1 Å². The molecule has 3 aliphatic heterocycles. The molecule has 4 heterocycles. The zero-order chi connectivity index (χ0) is 33.0. The van der Waals surface area contributed by atoms with E-state index in [0.29, 0.717) is 75.4 Å². The normalized spacial score (nSPS) is 18.2. The number of amides is 2. The van der Waals surface area contributed by atoms with Gasteiger partial charge in [0, 0.05) is 57.3 Å². The number of fused-ring (bicyclic) bond motifs is 5. The highest BCUT2D eigenvalue weighted by Gasteiger charge is 2.28. The van der Waals surface area contributed by atoms with Gasteiger partial charge in [-0.3, -0.25) is 14.4 Å². The summed E-state index contributed by atoms with van der Waals surface area (Å²) in [6, 6.07) is 11.4. The summed E-state index contributed by atoms with van der Waals surface area (Å²) in [6.07, 6.45) is 7.45. The first-order valence-corrected chi connectivity index (χ1v) is 16.0. The lowest BCUT2D eigenvalue weighted by Crippen LogP contribution is -2.41. The fraction of sp³-hybridized carbons (Fsp3) is 0.471. The Morgan fingerprint density at radius 1 is 0.915 bits per heavy atom. The van der Waals surface area contributed by atoms with Crippen LogP contribution in [0.15, 0.2) is 48.8 Å². The van der Waals surface area contributed by atoms with Crippen molar-refractivity contribution in [1.82, 2.24) is 19.4 Å². The minimum Gasteiger partial charge on any atom is -0.493 e. The Bertz CT molecular complexity index is 1500. The molecular weight excluding hydrogens is 608 g/mol. The number of ether oxygens (including phenoxy) is 5. The summed E-state index contributed by atoms with van der Waals surface area (Å²) in [5.41, 5.74) is 1.78.